The molecule has 0 amide bonds. The van der Waals surface area contributed by atoms with Gasteiger partial charge in [0.2, 0.25) is 0 Å². The molecule has 1 aliphatic carbocycles. The average molecular weight is 264 g/mol. The predicted octanol–water partition coefficient (Wildman–Crippen LogP) is 2.77. The normalized spacial score (nSPS) is 18.0. The van der Waals surface area contributed by atoms with E-state index in [1.807, 2.05) is 25.1 Å². The van der Waals surface area contributed by atoms with Crippen molar-refractivity contribution in [2.75, 3.05) is 24.2 Å². The number of aliphatic hydroxyl groups is 1. The molecule has 0 spiro atoms. The van der Waals surface area contributed by atoms with Crippen LogP contribution in [0.4, 0.5) is 11.4 Å². The molecule has 1 saturated carbocycles. The van der Waals surface area contributed by atoms with Gasteiger partial charge in [0.15, 0.2) is 0 Å². The Morgan fingerprint density at radius 2 is 2.00 bits per heavy atom. The first kappa shape index (κ1) is 14.0. The molecule has 1 aromatic carbocycles. The molecular weight excluding hydrogens is 240 g/mol. The van der Waals surface area contributed by atoms with E-state index in [2.05, 4.69) is 5.32 Å². The van der Waals surface area contributed by atoms with Gasteiger partial charge in [-0.05, 0) is 25.8 Å². The Balaban J connectivity index is 1.98. The summed E-state index contributed by atoms with van der Waals surface area (Å²) in [7, 11) is 0. The lowest BCUT2D eigenvalue weighted by atomic mass is 9.85. The molecule has 4 N–H and O–H groups in total. The highest BCUT2D eigenvalue weighted by Crippen LogP contribution is 2.29. The van der Waals surface area contributed by atoms with Crippen LogP contribution in [-0.2, 0) is 0 Å². The van der Waals surface area contributed by atoms with Gasteiger partial charge in [-0.3, -0.25) is 0 Å². The summed E-state index contributed by atoms with van der Waals surface area (Å²) in [5.41, 5.74) is 6.85. The number of benzene rings is 1. The number of ether oxygens (including phenoxy) is 1. The summed E-state index contributed by atoms with van der Waals surface area (Å²) in [5, 5.41) is 13.7. The van der Waals surface area contributed by atoms with Gasteiger partial charge >= 0.3 is 0 Å². The van der Waals surface area contributed by atoms with Crippen LogP contribution in [0.3, 0.4) is 0 Å². The maximum atomic E-state index is 10.4. The van der Waals surface area contributed by atoms with Crippen molar-refractivity contribution < 1.29 is 9.84 Å². The number of nitrogens with two attached hydrogens (primary N) is 1. The van der Waals surface area contributed by atoms with Crippen molar-refractivity contribution in [3.05, 3.63) is 18.2 Å². The van der Waals surface area contributed by atoms with Crippen LogP contribution >= 0.6 is 0 Å². The number of anilines is 2. The second-order valence-electron chi connectivity index (χ2n) is 5.36. The fraction of sp³-hybridized carbons (Fsp3) is 0.600. The van der Waals surface area contributed by atoms with E-state index in [9.17, 15) is 5.11 Å². The minimum absolute atomic E-state index is 0.571. The molecule has 0 atom stereocenters. The molecule has 1 fully saturated rings. The fourth-order valence-corrected chi connectivity index (χ4v) is 2.63. The second-order valence-corrected chi connectivity index (χ2v) is 5.36. The van der Waals surface area contributed by atoms with E-state index in [4.69, 9.17) is 10.5 Å². The van der Waals surface area contributed by atoms with Crippen LogP contribution < -0.4 is 15.8 Å². The molecule has 1 aliphatic rings. The number of rotatable bonds is 5. The van der Waals surface area contributed by atoms with E-state index >= 15 is 0 Å². The lowest BCUT2D eigenvalue weighted by Crippen LogP contribution is -2.38. The Bertz CT molecular complexity index is 415. The highest BCUT2D eigenvalue weighted by Gasteiger charge is 2.28. The van der Waals surface area contributed by atoms with E-state index in [1.165, 1.54) is 6.42 Å². The Kier molecular flexibility index (Phi) is 4.53. The van der Waals surface area contributed by atoms with Crippen LogP contribution in [0.15, 0.2) is 18.2 Å². The maximum Gasteiger partial charge on any atom is 0.123 e. The minimum atomic E-state index is -0.575. The number of hydrogen-bond donors (Lipinski definition) is 3. The average Bonchev–Trinajstić information content (AvgIpc) is 2.37. The zero-order valence-corrected chi connectivity index (χ0v) is 11.6. The molecule has 19 heavy (non-hydrogen) atoms. The summed E-state index contributed by atoms with van der Waals surface area (Å²) in [5.74, 6) is 0.764. The summed E-state index contributed by atoms with van der Waals surface area (Å²) in [6, 6.07) is 5.60. The molecular formula is C15H24N2O2. The minimum Gasteiger partial charge on any atom is -0.494 e. The smallest absolute Gasteiger partial charge is 0.123 e. The fourth-order valence-electron chi connectivity index (χ4n) is 2.63. The van der Waals surface area contributed by atoms with E-state index in [0.717, 1.165) is 37.1 Å². The van der Waals surface area contributed by atoms with E-state index in [-0.39, 0.29) is 0 Å². The Hall–Kier alpha value is -1.42. The summed E-state index contributed by atoms with van der Waals surface area (Å²) < 4.78 is 5.46. The third-order valence-electron chi connectivity index (χ3n) is 3.65. The first-order chi connectivity index (χ1) is 9.11. The van der Waals surface area contributed by atoms with Gasteiger partial charge in [0.25, 0.3) is 0 Å². The third kappa shape index (κ3) is 4.03. The zero-order valence-electron chi connectivity index (χ0n) is 11.6. The predicted molar refractivity (Wildman–Crippen MR) is 78.5 cm³/mol. The molecule has 2 rings (SSSR count). The Labute approximate surface area is 115 Å². The van der Waals surface area contributed by atoms with Crippen molar-refractivity contribution >= 4 is 11.4 Å². The van der Waals surface area contributed by atoms with Crippen LogP contribution in [0.2, 0.25) is 0 Å². The number of nitrogens with one attached hydrogen (secondary N) is 1. The quantitative estimate of drug-likeness (QED) is 0.715. The molecule has 4 heteroatoms. The van der Waals surface area contributed by atoms with Crippen LogP contribution in [0.25, 0.3) is 0 Å². The van der Waals surface area contributed by atoms with Crippen molar-refractivity contribution in [2.24, 2.45) is 0 Å². The van der Waals surface area contributed by atoms with Gasteiger partial charge < -0.3 is 20.9 Å². The summed E-state index contributed by atoms with van der Waals surface area (Å²) in [4.78, 5) is 0. The molecule has 0 radical (unpaired) electrons. The van der Waals surface area contributed by atoms with E-state index < -0.39 is 5.60 Å². The second kappa shape index (κ2) is 6.15. The largest absolute Gasteiger partial charge is 0.494 e. The topological polar surface area (TPSA) is 67.5 Å². The first-order valence-corrected chi connectivity index (χ1v) is 7.11. The van der Waals surface area contributed by atoms with Gasteiger partial charge in [-0.25, -0.2) is 0 Å². The van der Waals surface area contributed by atoms with Gasteiger partial charge in [-0.15, -0.1) is 0 Å². The highest BCUT2D eigenvalue weighted by molar-refractivity contribution is 5.59. The lowest BCUT2D eigenvalue weighted by molar-refractivity contribution is 0.0167. The Morgan fingerprint density at radius 1 is 1.26 bits per heavy atom. The van der Waals surface area contributed by atoms with Crippen molar-refractivity contribution in [3.8, 4) is 5.75 Å². The van der Waals surface area contributed by atoms with E-state index in [0.29, 0.717) is 18.8 Å². The molecule has 0 unspecified atom stereocenters. The number of nitrogen functional groups attached to an aromatic ring is 1. The first-order valence-electron chi connectivity index (χ1n) is 7.11. The van der Waals surface area contributed by atoms with Crippen molar-refractivity contribution in [3.63, 3.8) is 0 Å². The van der Waals surface area contributed by atoms with Gasteiger partial charge in [-0.1, -0.05) is 19.3 Å². The van der Waals surface area contributed by atoms with Gasteiger partial charge in [0.05, 0.1) is 12.2 Å². The monoisotopic (exact) mass is 264 g/mol. The van der Waals surface area contributed by atoms with Crippen LogP contribution in [0.1, 0.15) is 39.0 Å². The summed E-state index contributed by atoms with van der Waals surface area (Å²) in [6.45, 7) is 3.13. The summed E-state index contributed by atoms with van der Waals surface area (Å²) >= 11 is 0. The van der Waals surface area contributed by atoms with Crippen LogP contribution in [-0.4, -0.2) is 23.9 Å². The van der Waals surface area contributed by atoms with Gasteiger partial charge in [0, 0.05) is 30.1 Å². The lowest BCUT2D eigenvalue weighted by Gasteiger charge is -2.32. The van der Waals surface area contributed by atoms with Crippen molar-refractivity contribution in [1.29, 1.82) is 0 Å². The maximum absolute atomic E-state index is 10.4. The number of hydrogen-bond acceptors (Lipinski definition) is 4. The van der Waals surface area contributed by atoms with Crippen molar-refractivity contribution in [2.45, 2.75) is 44.6 Å². The molecule has 0 bridgehead atoms. The Morgan fingerprint density at radius 3 is 2.68 bits per heavy atom. The van der Waals surface area contributed by atoms with Crippen LogP contribution in [0.5, 0.6) is 5.75 Å². The van der Waals surface area contributed by atoms with Gasteiger partial charge in [0.1, 0.15) is 5.75 Å². The zero-order chi connectivity index (χ0) is 13.7. The molecule has 0 saturated heterocycles. The molecule has 0 heterocycles. The molecule has 0 aromatic heterocycles. The highest BCUT2D eigenvalue weighted by atomic mass is 16.5. The molecule has 106 valence electrons. The van der Waals surface area contributed by atoms with Crippen LogP contribution in [0, 0.1) is 0 Å². The van der Waals surface area contributed by atoms with Crippen molar-refractivity contribution in [1.82, 2.24) is 0 Å². The summed E-state index contributed by atoms with van der Waals surface area (Å²) in [6.07, 6.45) is 5.20. The SMILES string of the molecule is CCOc1cc(N)cc(NCC2(O)CCCCC2)c1. The van der Waals surface area contributed by atoms with E-state index in [1.54, 1.807) is 0 Å². The van der Waals surface area contributed by atoms with Gasteiger partial charge in [-0.2, -0.15) is 0 Å². The molecule has 4 nitrogen and oxygen atoms in total. The molecule has 1 aromatic rings. The molecule has 0 aliphatic heterocycles. The standard InChI is InChI=1S/C15H24N2O2/c1-2-19-14-9-12(16)8-13(10-14)17-11-15(18)6-4-3-5-7-15/h8-10,17-18H,2-7,11,16H2,1H3. The third-order valence-corrected chi connectivity index (χ3v) is 3.65.